The molecule has 1 N–H and O–H groups in total. The fourth-order valence-corrected chi connectivity index (χ4v) is 2.02. The maximum Gasteiger partial charge on any atom is 0.145 e. The molecule has 1 unspecified atom stereocenters. The second kappa shape index (κ2) is 6.08. The van der Waals surface area contributed by atoms with E-state index in [0.717, 1.165) is 11.1 Å². The van der Waals surface area contributed by atoms with Gasteiger partial charge in [0.2, 0.25) is 0 Å². The predicted octanol–water partition coefficient (Wildman–Crippen LogP) is 3.08. The Morgan fingerprint density at radius 3 is 2.63 bits per heavy atom. The van der Waals surface area contributed by atoms with Crippen molar-refractivity contribution in [2.45, 2.75) is 19.4 Å². The molecular formula is C14H15ClFN3. The lowest BCUT2D eigenvalue weighted by molar-refractivity contribution is 0.553. The van der Waals surface area contributed by atoms with Crippen LogP contribution in [0.2, 0.25) is 5.02 Å². The first-order valence-electron chi connectivity index (χ1n) is 6.00. The highest BCUT2D eigenvalue weighted by molar-refractivity contribution is 6.31. The van der Waals surface area contributed by atoms with Crippen molar-refractivity contribution in [3.8, 4) is 0 Å². The van der Waals surface area contributed by atoms with Crippen LogP contribution in [-0.4, -0.2) is 17.0 Å². The predicted molar refractivity (Wildman–Crippen MR) is 73.7 cm³/mol. The zero-order chi connectivity index (χ0) is 13.8. The van der Waals surface area contributed by atoms with E-state index in [0.29, 0.717) is 17.3 Å². The second-order valence-corrected chi connectivity index (χ2v) is 4.81. The quantitative estimate of drug-likeness (QED) is 0.935. The molecule has 1 aromatic heterocycles. The molecule has 0 aliphatic heterocycles. The molecule has 2 rings (SSSR count). The molecule has 0 saturated heterocycles. The SMILES string of the molecule is CNC(Cc1cc(F)ccc1Cl)c1ncc(C)cn1. The summed E-state index contributed by atoms with van der Waals surface area (Å²) in [4.78, 5) is 8.57. The molecule has 0 amide bonds. The van der Waals surface area contributed by atoms with Gasteiger partial charge >= 0.3 is 0 Å². The van der Waals surface area contributed by atoms with E-state index in [-0.39, 0.29) is 11.9 Å². The van der Waals surface area contributed by atoms with Gasteiger partial charge in [-0.2, -0.15) is 0 Å². The smallest absolute Gasteiger partial charge is 0.145 e. The molecule has 0 fully saturated rings. The van der Waals surface area contributed by atoms with Crippen molar-refractivity contribution < 1.29 is 4.39 Å². The zero-order valence-electron chi connectivity index (χ0n) is 10.8. The van der Waals surface area contributed by atoms with Crippen molar-refractivity contribution in [1.82, 2.24) is 15.3 Å². The molecule has 0 radical (unpaired) electrons. The number of nitrogens with zero attached hydrogens (tertiary/aromatic N) is 2. The van der Waals surface area contributed by atoms with Crippen LogP contribution >= 0.6 is 11.6 Å². The molecule has 19 heavy (non-hydrogen) atoms. The molecule has 1 aromatic carbocycles. The highest BCUT2D eigenvalue weighted by atomic mass is 35.5. The summed E-state index contributed by atoms with van der Waals surface area (Å²) in [6.07, 6.45) is 4.07. The van der Waals surface area contributed by atoms with Crippen molar-refractivity contribution in [3.63, 3.8) is 0 Å². The van der Waals surface area contributed by atoms with Crippen LogP contribution in [0.5, 0.6) is 0 Å². The summed E-state index contributed by atoms with van der Waals surface area (Å²) in [5, 5.41) is 3.68. The first kappa shape index (κ1) is 13.9. The normalized spacial score (nSPS) is 12.4. The van der Waals surface area contributed by atoms with Gasteiger partial charge in [-0.25, -0.2) is 14.4 Å². The Hall–Kier alpha value is -1.52. The Labute approximate surface area is 116 Å². The summed E-state index contributed by atoms with van der Waals surface area (Å²) in [6.45, 7) is 1.93. The molecule has 2 aromatic rings. The van der Waals surface area contributed by atoms with Crippen LogP contribution in [0.25, 0.3) is 0 Å². The van der Waals surface area contributed by atoms with Crippen molar-refractivity contribution in [3.05, 3.63) is 58.4 Å². The largest absolute Gasteiger partial charge is 0.310 e. The van der Waals surface area contributed by atoms with Gasteiger partial charge in [0.1, 0.15) is 11.6 Å². The Kier molecular flexibility index (Phi) is 4.45. The Morgan fingerprint density at radius 1 is 1.32 bits per heavy atom. The van der Waals surface area contributed by atoms with Crippen LogP contribution < -0.4 is 5.32 Å². The monoisotopic (exact) mass is 279 g/mol. The summed E-state index contributed by atoms with van der Waals surface area (Å²) in [5.74, 6) is 0.382. The first-order valence-corrected chi connectivity index (χ1v) is 6.37. The molecule has 1 atom stereocenters. The summed E-state index contributed by atoms with van der Waals surface area (Å²) < 4.78 is 13.2. The third-order valence-corrected chi connectivity index (χ3v) is 3.26. The van der Waals surface area contributed by atoms with Crippen LogP contribution in [-0.2, 0) is 6.42 Å². The summed E-state index contributed by atoms with van der Waals surface area (Å²) in [7, 11) is 1.82. The summed E-state index contributed by atoms with van der Waals surface area (Å²) in [5.41, 5.74) is 1.74. The van der Waals surface area contributed by atoms with Crippen molar-refractivity contribution in [2.24, 2.45) is 0 Å². The standard InChI is InChI=1S/C14H15ClFN3/c1-9-7-18-14(19-8-9)13(17-2)6-10-5-11(16)3-4-12(10)15/h3-5,7-8,13,17H,6H2,1-2H3. The van der Waals surface area contributed by atoms with E-state index < -0.39 is 0 Å². The lowest BCUT2D eigenvalue weighted by Gasteiger charge is -2.15. The van der Waals surface area contributed by atoms with E-state index >= 15 is 0 Å². The third-order valence-electron chi connectivity index (χ3n) is 2.89. The first-order chi connectivity index (χ1) is 9.10. The fourth-order valence-electron chi connectivity index (χ4n) is 1.82. The molecule has 100 valence electrons. The van der Waals surface area contributed by atoms with E-state index in [9.17, 15) is 4.39 Å². The topological polar surface area (TPSA) is 37.8 Å². The van der Waals surface area contributed by atoms with Crippen LogP contribution in [0.3, 0.4) is 0 Å². The number of hydrogen-bond donors (Lipinski definition) is 1. The molecular weight excluding hydrogens is 265 g/mol. The van der Waals surface area contributed by atoms with Crippen molar-refractivity contribution in [2.75, 3.05) is 7.05 Å². The molecule has 0 bridgehead atoms. The van der Waals surface area contributed by atoms with Crippen LogP contribution in [0, 0.1) is 12.7 Å². The minimum absolute atomic E-state index is 0.0973. The van der Waals surface area contributed by atoms with Gasteiger partial charge in [0.05, 0.1) is 6.04 Å². The van der Waals surface area contributed by atoms with Crippen molar-refractivity contribution in [1.29, 1.82) is 0 Å². The number of benzene rings is 1. The van der Waals surface area contributed by atoms with E-state index in [4.69, 9.17) is 11.6 Å². The number of aromatic nitrogens is 2. The van der Waals surface area contributed by atoms with Crippen LogP contribution in [0.15, 0.2) is 30.6 Å². The number of rotatable bonds is 4. The van der Waals surface area contributed by atoms with E-state index in [1.54, 1.807) is 18.5 Å². The minimum atomic E-state index is -0.293. The van der Waals surface area contributed by atoms with Gasteiger partial charge in [-0.05, 0) is 49.7 Å². The molecule has 3 nitrogen and oxygen atoms in total. The number of halogens is 2. The Balaban J connectivity index is 2.23. The van der Waals surface area contributed by atoms with E-state index in [1.165, 1.54) is 12.1 Å². The average molecular weight is 280 g/mol. The van der Waals surface area contributed by atoms with Gasteiger partial charge in [-0.1, -0.05) is 11.6 Å². The lowest BCUT2D eigenvalue weighted by Crippen LogP contribution is -2.21. The lowest BCUT2D eigenvalue weighted by atomic mass is 10.1. The van der Waals surface area contributed by atoms with Crippen LogP contribution in [0.4, 0.5) is 4.39 Å². The molecule has 0 aliphatic carbocycles. The molecule has 0 aliphatic rings. The minimum Gasteiger partial charge on any atom is -0.310 e. The average Bonchev–Trinajstić information content (AvgIpc) is 2.41. The summed E-state index contributed by atoms with van der Waals surface area (Å²) in [6, 6.07) is 4.26. The second-order valence-electron chi connectivity index (χ2n) is 4.40. The highest BCUT2D eigenvalue weighted by Crippen LogP contribution is 2.22. The van der Waals surface area contributed by atoms with Gasteiger partial charge in [-0.15, -0.1) is 0 Å². The van der Waals surface area contributed by atoms with Gasteiger partial charge in [-0.3, -0.25) is 0 Å². The maximum atomic E-state index is 13.2. The zero-order valence-corrected chi connectivity index (χ0v) is 11.6. The van der Waals surface area contributed by atoms with Gasteiger partial charge < -0.3 is 5.32 Å². The van der Waals surface area contributed by atoms with Gasteiger partial charge in [0, 0.05) is 17.4 Å². The molecule has 1 heterocycles. The van der Waals surface area contributed by atoms with Crippen molar-refractivity contribution >= 4 is 11.6 Å². The number of likely N-dealkylation sites (N-methyl/N-ethyl adjacent to an activating group) is 1. The maximum absolute atomic E-state index is 13.2. The van der Waals surface area contributed by atoms with Crippen LogP contribution in [0.1, 0.15) is 23.0 Å². The highest BCUT2D eigenvalue weighted by Gasteiger charge is 2.15. The Bertz CT molecular complexity index is 557. The number of nitrogens with one attached hydrogen (secondary N) is 1. The molecule has 0 spiro atoms. The fraction of sp³-hybridized carbons (Fsp3) is 0.286. The Morgan fingerprint density at radius 2 is 2.00 bits per heavy atom. The summed E-state index contributed by atoms with van der Waals surface area (Å²) >= 11 is 6.07. The molecule has 5 heteroatoms. The van der Waals surface area contributed by atoms with E-state index in [2.05, 4.69) is 15.3 Å². The number of aryl methyl sites for hydroxylation is 1. The molecule has 0 saturated carbocycles. The van der Waals surface area contributed by atoms with Gasteiger partial charge in [0.15, 0.2) is 0 Å². The number of hydrogen-bond acceptors (Lipinski definition) is 3. The third kappa shape index (κ3) is 3.49. The van der Waals surface area contributed by atoms with E-state index in [1.807, 2.05) is 14.0 Å². The van der Waals surface area contributed by atoms with Gasteiger partial charge in [0.25, 0.3) is 0 Å².